The van der Waals surface area contributed by atoms with Gasteiger partial charge < -0.3 is 19.7 Å². The lowest BCUT2D eigenvalue weighted by molar-refractivity contribution is -0.208. The lowest BCUT2D eigenvalue weighted by Crippen LogP contribution is -2.72. The molecule has 190 valence electrons. The molecule has 1 aromatic carbocycles. The van der Waals surface area contributed by atoms with Gasteiger partial charge >= 0.3 is 6.18 Å². The summed E-state index contributed by atoms with van der Waals surface area (Å²) in [6.45, 7) is -0.191. The van der Waals surface area contributed by atoms with Crippen molar-refractivity contribution < 1.29 is 36.4 Å². The van der Waals surface area contributed by atoms with Crippen molar-refractivity contribution in [3.05, 3.63) is 63.7 Å². The van der Waals surface area contributed by atoms with Crippen LogP contribution in [0.25, 0.3) is 0 Å². The van der Waals surface area contributed by atoms with Gasteiger partial charge in [0.25, 0.3) is 5.91 Å². The summed E-state index contributed by atoms with van der Waals surface area (Å²) in [4.78, 5) is 19.7. The summed E-state index contributed by atoms with van der Waals surface area (Å²) >= 11 is 11.3. The van der Waals surface area contributed by atoms with Gasteiger partial charge in [0, 0.05) is 17.5 Å². The topological polar surface area (TPSA) is 113 Å². The molecule has 3 aliphatic rings. The Morgan fingerprint density at radius 1 is 1.17 bits per heavy atom. The first-order valence-electron chi connectivity index (χ1n) is 10.5. The van der Waals surface area contributed by atoms with Crippen LogP contribution < -0.4 is 15.2 Å². The molecule has 0 radical (unpaired) electrons. The summed E-state index contributed by atoms with van der Waals surface area (Å²) in [6, 6.07) is 4.86. The number of carbonyl (C=O) groups excluding carboxylic acids is 1. The molecule has 3 fully saturated rings. The van der Waals surface area contributed by atoms with E-state index in [-0.39, 0.29) is 29.0 Å². The number of aromatic nitrogens is 3. The number of carbonyl (C=O) groups is 1. The Labute approximate surface area is 210 Å². The highest BCUT2D eigenvalue weighted by Crippen LogP contribution is 2.75. The molecular formula is C22H16Cl2F4N4O4. The first-order valence-corrected chi connectivity index (χ1v) is 11.3. The summed E-state index contributed by atoms with van der Waals surface area (Å²) < 4.78 is 68.6. The molecule has 0 saturated heterocycles. The van der Waals surface area contributed by atoms with E-state index in [4.69, 9.17) is 42.9 Å². The summed E-state index contributed by atoms with van der Waals surface area (Å²) in [5, 5.41) is 3.18. The van der Waals surface area contributed by atoms with E-state index in [2.05, 4.69) is 15.1 Å². The third kappa shape index (κ3) is 4.21. The van der Waals surface area contributed by atoms with E-state index >= 15 is 0 Å². The molecule has 3 saturated carbocycles. The third-order valence-electron chi connectivity index (χ3n) is 6.41. The Kier molecular flexibility index (Phi) is 5.79. The number of ether oxygens (including phenoxy) is 2. The SMILES string of the molecule is NC(=O)C(Oc1ccc(Cl)c(F)c1)C12CC(c3nc(COc4cnc(C(F)(F)F)c(Cl)c4)no3)(C1)C2. The van der Waals surface area contributed by atoms with Crippen molar-refractivity contribution in [2.75, 3.05) is 0 Å². The number of primary amides is 1. The molecule has 1 atom stereocenters. The summed E-state index contributed by atoms with van der Waals surface area (Å²) in [5.41, 5.74) is 3.36. The number of hydrogen-bond donors (Lipinski definition) is 1. The van der Waals surface area contributed by atoms with Crippen LogP contribution in [0.4, 0.5) is 17.6 Å². The quantitative estimate of drug-likeness (QED) is 0.401. The standard InChI is InChI=1S/C22H16Cl2F4N4O4/c23-12-2-1-10(4-14(12)25)35-17(18(29)33)20-7-21(8-20,9-20)19-31-15(32-36-19)6-34-11-3-13(24)16(30-5-11)22(26,27)28/h1-5,17H,6-9H2,(H2,29,33). The van der Waals surface area contributed by atoms with Crippen LogP contribution in [0.1, 0.15) is 36.7 Å². The fourth-order valence-electron chi connectivity index (χ4n) is 4.93. The molecule has 2 aromatic heterocycles. The zero-order valence-corrected chi connectivity index (χ0v) is 19.6. The Balaban J connectivity index is 1.21. The number of benzene rings is 1. The van der Waals surface area contributed by atoms with Gasteiger partial charge in [-0.15, -0.1) is 0 Å². The van der Waals surface area contributed by atoms with Gasteiger partial charge in [0.1, 0.15) is 17.3 Å². The van der Waals surface area contributed by atoms with E-state index in [1.165, 1.54) is 12.1 Å². The molecule has 14 heteroatoms. The van der Waals surface area contributed by atoms with Crippen LogP contribution in [-0.4, -0.2) is 27.1 Å². The second-order valence-electron chi connectivity index (χ2n) is 8.95. The van der Waals surface area contributed by atoms with E-state index < -0.39 is 45.6 Å². The van der Waals surface area contributed by atoms with Gasteiger partial charge in [-0.25, -0.2) is 9.37 Å². The number of halogens is 6. The smallest absolute Gasteiger partial charge is 0.434 e. The number of rotatable bonds is 8. The number of amides is 1. The highest BCUT2D eigenvalue weighted by Gasteiger charge is 2.75. The summed E-state index contributed by atoms with van der Waals surface area (Å²) in [5.74, 6) is -0.714. The van der Waals surface area contributed by atoms with Gasteiger partial charge in [-0.1, -0.05) is 28.4 Å². The Bertz CT molecular complexity index is 1330. The van der Waals surface area contributed by atoms with Crippen LogP contribution in [0.3, 0.4) is 0 Å². The Hall–Kier alpha value is -3.12. The molecular weight excluding hydrogens is 531 g/mol. The molecule has 2 bridgehead atoms. The second kappa shape index (κ2) is 8.48. The molecule has 3 aliphatic carbocycles. The maximum absolute atomic E-state index is 13.8. The molecule has 0 aliphatic heterocycles. The Morgan fingerprint density at radius 3 is 2.50 bits per heavy atom. The second-order valence-corrected chi connectivity index (χ2v) is 9.77. The maximum Gasteiger partial charge on any atom is 0.434 e. The predicted octanol–water partition coefficient (Wildman–Crippen LogP) is 4.86. The number of alkyl halides is 3. The van der Waals surface area contributed by atoms with Crippen molar-refractivity contribution in [1.29, 1.82) is 0 Å². The van der Waals surface area contributed by atoms with Crippen molar-refractivity contribution in [1.82, 2.24) is 15.1 Å². The molecule has 1 amide bonds. The normalized spacial score (nSPS) is 23.4. The van der Waals surface area contributed by atoms with Gasteiger partial charge in [0.05, 0.1) is 21.7 Å². The number of hydrogen-bond acceptors (Lipinski definition) is 7. The highest BCUT2D eigenvalue weighted by molar-refractivity contribution is 6.31. The van der Waals surface area contributed by atoms with E-state index in [1.807, 2.05) is 0 Å². The molecule has 8 nitrogen and oxygen atoms in total. The highest BCUT2D eigenvalue weighted by atomic mass is 35.5. The van der Waals surface area contributed by atoms with Gasteiger partial charge in [-0.05, 0) is 31.4 Å². The van der Waals surface area contributed by atoms with Gasteiger partial charge in [0.2, 0.25) is 11.7 Å². The lowest BCUT2D eigenvalue weighted by atomic mass is 9.33. The predicted molar refractivity (Wildman–Crippen MR) is 116 cm³/mol. The largest absolute Gasteiger partial charge is 0.484 e. The van der Waals surface area contributed by atoms with Crippen molar-refractivity contribution in [3.8, 4) is 11.5 Å². The average Bonchev–Trinajstić information content (AvgIpc) is 3.20. The van der Waals surface area contributed by atoms with Crippen LogP contribution in [-0.2, 0) is 23.0 Å². The zero-order valence-electron chi connectivity index (χ0n) is 18.1. The van der Waals surface area contributed by atoms with Crippen molar-refractivity contribution in [3.63, 3.8) is 0 Å². The Morgan fingerprint density at radius 2 is 1.89 bits per heavy atom. The van der Waals surface area contributed by atoms with Crippen LogP contribution in [0.5, 0.6) is 11.5 Å². The van der Waals surface area contributed by atoms with Crippen molar-refractivity contribution in [2.24, 2.45) is 11.1 Å². The van der Waals surface area contributed by atoms with Crippen LogP contribution in [0, 0.1) is 11.2 Å². The lowest BCUT2D eigenvalue weighted by Gasteiger charge is -2.69. The fourth-order valence-corrected chi connectivity index (χ4v) is 5.31. The first kappa shape index (κ1) is 24.6. The van der Waals surface area contributed by atoms with E-state index in [9.17, 15) is 22.4 Å². The summed E-state index contributed by atoms with van der Waals surface area (Å²) in [6.07, 6.45) is -3.29. The monoisotopic (exact) mass is 546 g/mol. The molecule has 3 aromatic rings. The molecule has 6 rings (SSSR count). The minimum atomic E-state index is -4.68. The molecule has 0 spiro atoms. The van der Waals surface area contributed by atoms with E-state index in [1.54, 1.807) is 0 Å². The van der Waals surface area contributed by atoms with Gasteiger partial charge in [-0.3, -0.25) is 4.79 Å². The first-order chi connectivity index (χ1) is 16.9. The van der Waals surface area contributed by atoms with E-state index in [0.717, 1.165) is 18.3 Å². The fraction of sp³-hybridized carbons (Fsp3) is 0.364. The van der Waals surface area contributed by atoms with Gasteiger partial charge in [-0.2, -0.15) is 18.2 Å². The third-order valence-corrected chi connectivity index (χ3v) is 7.00. The average molecular weight is 547 g/mol. The number of nitrogens with zero attached hydrogens (tertiary/aromatic N) is 3. The number of nitrogens with two attached hydrogens (primary N) is 1. The van der Waals surface area contributed by atoms with Crippen LogP contribution in [0.15, 0.2) is 35.0 Å². The van der Waals surface area contributed by atoms with Crippen molar-refractivity contribution >= 4 is 29.1 Å². The van der Waals surface area contributed by atoms with E-state index in [0.29, 0.717) is 25.2 Å². The van der Waals surface area contributed by atoms with Crippen molar-refractivity contribution in [2.45, 2.75) is 43.6 Å². The van der Waals surface area contributed by atoms with Crippen LogP contribution in [0.2, 0.25) is 10.0 Å². The van der Waals surface area contributed by atoms with Crippen LogP contribution >= 0.6 is 23.2 Å². The molecule has 36 heavy (non-hydrogen) atoms. The minimum absolute atomic E-state index is 0.00361. The zero-order chi connectivity index (χ0) is 25.9. The molecule has 2 heterocycles. The maximum atomic E-state index is 13.8. The minimum Gasteiger partial charge on any atom is -0.484 e. The molecule has 1 unspecified atom stereocenters. The summed E-state index contributed by atoms with van der Waals surface area (Å²) in [7, 11) is 0. The van der Waals surface area contributed by atoms with Gasteiger partial charge in [0.15, 0.2) is 18.4 Å². The molecule has 2 N–H and O–H groups in total. The number of pyridine rings is 1.